The van der Waals surface area contributed by atoms with Crippen molar-refractivity contribution in [1.82, 2.24) is 0 Å². The normalized spacial score (nSPS) is 5.65. The molecule has 0 rings (SSSR count). The Kier molecular flexibility index (Phi) is 96.9. The lowest BCUT2D eigenvalue weighted by Crippen LogP contribution is -1.88. The molecule has 0 saturated carbocycles. The molecular formula is C13H34O4. The number of ether oxygens (including phenoxy) is 2. The van der Waals surface area contributed by atoms with Crippen molar-refractivity contribution in [2.45, 2.75) is 56.4 Å². The highest BCUT2D eigenvalue weighted by atomic mass is 16.5. The summed E-state index contributed by atoms with van der Waals surface area (Å²) in [5.74, 6) is -0.0787. The van der Waals surface area contributed by atoms with Crippen LogP contribution >= 0.6 is 0 Å². The Morgan fingerprint density at radius 2 is 1.06 bits per heavy atom. The van der Waals surface area contributed by atoms with Gasteiger partial charge in [-0.05, 0) is 20.8 Å². The maximum Gasteiger partial charge on any atom is 0.302 e. The second-order valence-electron chi connectivity index (χ2n) is 2.18. The average Bonchev–Trinajstić information content (AvgIpc) is 2.20. The van der Waals surface area contributed by atoms with Gasteiger partial charge in [-0.3, -0.25) is 4.79 Å². The van der Waals surface area contributed by atoms with E-state index >= 15 is 0 Å². The first-order valence-corrected chi connectivity index (χ1v) is 4.92. The Bertz CT molecular complexity index is 117. The molecule has 0 aliphatic carbocycles. The Balaban J connectivity index is -0.0000000237. The molecule has 4 nitrogen and oxygen atoms in total. The number of hydrogen-bond donors (Lipinski definition) is 0. The zero-order valence-corrected chi connectivity index (χ0v) is 11.3. The summed E-state index contributed by atoms with van der Waals surface area (Å²) in [6.07, 6.45) is 0. The minimum Gasteiger partial charge on any atom is -0.469 e. The molecule has 17 heavy (non-hydrogen) atoms. The molecule has 0 aliphatic heterocycles. The van der Waals surface area contributed by atoms with Gasteiger partial charge in [-0.2, -0.15) is 0 Å². The van der Waals surface area contributed by atoms with Gasteiger partial charge < -0.3 is 14.3 Å². The third kappa shape index (κ3) is 588. The summed E-state index contributed by atoms with van der Waals surface area (Å²) in [4.78, 5) is 19.0. The highest BCUT2D eigenvalue weighted by Crippen LogP contribution is 1.60. The quantitative estimate of drug-likeness (QED) is 0.669. The van der Waals surface area contributed by atoms with E-state index in [1.54, 1.807) is 7.11 Å². The lowest BCUT2D eigenvalue weighted by molar-refractivity contribution is -0.137. The molecule has 0 spiro atoms. The molecule has 0 bridgehead atoms. The van der Waals surface area contributed by atoms with E-state index in [-0.39, 0.29) is 26.6 Å². The number of Topliss-reactive ketones (excluding diaryl/α,β-unsaturated/α-hetero) is 1. The number of carbonyl (C=O) groups is 2. The highest BCUT2D eigenvalue weighted by Gasteiger charge is 1.75. The van der Waals surface area contributed by atoms with Crippen LogP contribution in [0.15, 0.2) is 0 Å². The highest BCUT2D eigenvalue weighted by molar-refractivity contribution is 5.72. The zero-order chi connectivity index (χ0) is 13.3. The van der Waals surface area contributed by atoms with Crippen LogP contribution in [0.5, 0.6) is 0 Å². The number of ketones is 1. The maximum atomic E-state index is 9.59. The molecule has 0 fully saturated rings. The molecule has 0 heterocycles. The van der Waals surface area contributed by atoms with E-state index in [9.17, 15) is 9.59 Å². The molecule has 0 aromatic heterocycles. The smallest absolute Gasteiger partial charge is 0.302 e. The zero-order valence-electron chi connectivity index (χ0n) is 11.3. The van der Waals surface area contributed by atoms with E-state index in [0.717, 1.165) is 6.61 Å². The van der Waals surface area contributed by atoms with Crippen LogP contribution in [0.3, 0.4) is 0 Å². The second-order valence-corrected chi connectivity index (χ2v) is 2.18. The van der Waals surface area contributed by atoms with Gasteiger partial charge in [-0.25, -0.2) is 0 Å². The van der Waals surface area contributed by atoms with Crippen molar-refractivity contribution in [3.63, 3.8) is 0 Å². The van der Waals surface area contributed by atoms with Crippen molar-refractivity contribution in [3.05, 3.63) is 0 Å². The van der Waals surface area contributed by atoms with Gasteiger partial charge in [0.15, 0.2) is 0 Å². The van der Waals surface area contributed by atoms with Gasteiger partial charge in [0.1, 0.15) is 5.78 Å². The number of carbonyl (C=O) groups excluding carboxylic acids is 2. The van der Waals surface area contributed by atoms with Gasteiger partial charge >= 0.3 is 5.97 Å². The molecule has 110 valence electrons. The summed E-state index contributed by atoms with van der Waals surface area (Å²) in [5, 5.41) is 0. The SMILES string of the molecule is C.C.CC.CC(C)=O.CCOC.COC(C)=O. The first kappa shape index (κ1) is 36.0. The Morgan fingerprint density at radius 3 is 1.06 bits per heavy atom. The number of esters is 1. The van der Waals surface area contributed by atoms with Gasteiger partial charge in [-0.1, -0.05) is 28.7 Å². The standard InChI is InChI=1S/C3H6O2.C3H8O.C3H6O.C2H6.2CH4/c1-3(4)5-2;1-3-4-2;1-3(2)4;1-2;;/h1-2H3;3H2,1-2H3;1-2H3;1-2H3;2*1H4. The number of hydrogen-bond acceptors (Lipinski definition) is 4. The van der Waals surface area contributed by atoms with Crippen molar-refractivity contribution in [3.8, 4) is 0 Å². The van der Waals surface area contributed by atoms with Crippen LogP contribution in [0, 0.1) is 0 Å². The van der Waals surface area contributed by atoms with Crippen LogP contribution in [0.25, 0.3) is 0 Å². The minimum absolute atomic E-state index is 0. The van der Waals surface area contributed by atoms with Gasteiger partial charge in [0.25, 0.3) is 0 Å². The van der Waals surface area contributed by atoms with Gasteiger partial charge in [-0.15, -0.1) is 0 Å². The van der Waals surface area contributed by atoms with Crippen LogP contribution in [0.4, 0.5) is 0 Å². The molecule has 0 aliphatic rings. The molecule has 0 unspecified atom stereocenters. The van der Waals surface area contributed by atoms with Crippen molar-refractivity contribution < 1.29 is 19.1 Å². The van der Waals surface area contributed by atoms with E-state index in [4.69, 9.17) is 0 Å². The topological polar surface area (TPSA) is 52.6 Å². The van der Waals surface area contributed by atoms with E-state index in [1.807, 2.05) is 20.8 Å². The Morgan fingerprint density at radius 1 is 0.941 bits per heavy atom. The van der Waals surface area contributed by atoms with Crippen molar-refractivity contribution >= 4 is 11.8 Å². The summed E-state index contributed by atoms with van der Waals surface area (Å²) in [5.41, 5.74) is 0. The number of rotatable bonds is 1. The summed E-state index contributed by atoms with van der Waals surface area (Å²) in [6.45, 7) is 11.2. The molecule has 0 amide bonds. The lowest BCUT2D eigenvalue weighted by atomic mass is 10.6. The van der Waals surface area contributed by atoms with Crippen molar-refractivity contribution in [2.24, 2.45) is 0 Å². The monoisotopic (exact) mass is 254 g/mol. The van der Waals surface area contributed by atoms with E-state index in [0.29, 0.717) is 0 Å². The van der Waals surface area contributed by atoms with Crippen LogP contribution in [0.2, 0.25) is 0 Å². The van der Waals surface area contributed by atoms with Gasteiger partial charge in [0, 0.05) is 20.6 Å². The summed E-state index contributed by atoms with van der Waals surface area (Å²) >= 11 is 0. The molecule has 0 aromatic rings. The van der Waals surface area contributed by atoms with Crippen molar-refractivity contribution in [2.75, 3.05) is 20.8 Å². The van der Waals surface area contributed by atoms with Crippen LogP contribution < -0.4 is 0 Å². The van der Waals surface area contributed by atoms with E-state index in [2.05, 4.69) is 9.47 Å². The van der Waals surface area contributed by atoms with E-state index in [1.165, 1.54) is 27.9 Å². The van der Waals surface area contributed by atoms with Crippen molar-refractivity contribution in [1.29, 1.82) is 0 Å². The van der Waals surface area contributed by atoms with Crippen LogP contribution in [-0.2, 0) is 19.1 Å². The summed E-state index contributed by atoms with van der Waals surface area (Å²) in [6, 6.07) is 0. The van der Waals surface area contributed by atoms with Crippen LogP contribution in [0.1, 0.15) is 56.4 Å². The Hall–Kier alpha value is -0.900. The van der Waals surface area contributed by atoms with E-state index < -0.39 is 0 Å². The fraction of sp³-hybridized carbons (Fsp3) is 0.846. The molecule has 0 N–H and O–H groups in total. The van der Waals surface area contributed by atoms with Crippen LogP contribution in [-0.4, -0.2) is 32.6 Å². The minimum atomic E-state index is -0.245. The second kappa shape index (κ2) is 45.8. The summed E-state index contributed by atoms with van der Waals surface area (Å²) in [7, 11) is 3.03. The fourth-order valence-corrected chi connectivity index (χ4v) is 0. The molecule has 0 radical (unpaired) electrons. The fourth-order valence-electron chi connectivity index (χ4n) is 0. The third-order valence-electron chi connectivity index (χ3n) is 0.576. The predicted molar refractivity (Wildman–Crippen MR) is 76.4 cm³/mol. The molecule has 0 aromatic carbocycles. The largest absolute Gasteiger partial charge is 0.469 e. The molecule has 4 heteroatoms. The van der Waals surface area contributed by atoms with Gasteiger partial charge in [0.2, 0.25) is 0 Å². The molecular weight excluding hydrogens is 220 g/mol. The molecule has 0 saturated heterocycles. The first-order valence-electron chi connectivity index (χ1n) is 4.92. The number of methoxy groups -OCH3 is 2. The van der Waals surface area contributed by atoms with Gasteiger partial charge in [0.05, 0.1) is 7.11 Å². The Labute approximate surface area is 109 Å². The lowest BCUT2D eigenvalue weighted by Gasteiger charge is -1.80. The average molecular weight is 254 g/mol. The third-order valence-corrected chi connectivity index (χ3v) is 0.576. The molecule has 0 atom stereocenters. The first-order chi connectivity index (χ1) is 6.92. The summed E-state index contributed by atoms with van der Waals surface area (Å²) < 4.78 is 8.65. The predicted octanol–water partition coefficient (Wildman–Crippen LogP) is 3.73. The maximum absolute atomic E-state index is 9.59.